The van der Waals surface area contributed by atoms with Crippen molar-refractivity contribution in [2.24, 2.45) is 0 Å². The van der Waals surface area contributed by atoms with Gasteiger partial charge in [-0.1, -0.05) is 31.9 Å². The van der Waals surface area contributed by atoms with Crippen molar-refractivity contribution in [3.63, 3.8) is 0 Å². The highest BCUT2D eigenvalue weighted by atomic mass is 79.9. The number of hydrogen-bond donors (Lipinski definition) is 1. The van der Waals surface area contributed by atoms with Crippen molar-refractivity contribution in [3.8, 4) is 11.3 Å². The third-order valence-electron chi connectivity index (χ3n) is 3.48. The molecule has 0 saturated carbocycles. The van der Waals surface area contributed by atoms with Crippen molar-refractivity contribution < 1.29 is 8.42 Å². The molecular weight excluding hydrogens is 422 g/mol. The maximum Gasteiger partial charge on any atom is 0.152 e. The van der Waals surface area contributed by atoms with Crippen LogP contribution in [0.1, 0.15) is 12.5 Å². The number of aromatic nitrogens is 2. The molecule has 0 aliphatic carbocycles. The molecule has 21 heavy (non-hydrogen) atoms. The Morgan fingerprint density at radius 1 is 1.19 bits per heavy atom. The van der Waals surface area contributed by atoms with Gasteiger partial charge in [-0.15, -0.1) is 0 Å². The summed E-state index contributed by atoms with van der Waals surface area (Å²) >= 11 is 6.88. The van der Waals surface area contributed by atoms with Crippen LogP contribution in [0.5, 0.6) is 0 Å². The topological polar surface area (TPSA) is 78.0 Å². The van der Waals surface area contributed by atoms with Crippen molar-refractivity contribution in [2.75, 3.05) is 17.2 Å². The van der Waals surface area contributed by atoms with Crippen LogP contribution in [-0.2, 0) is 9.84 Å². The van der Waals surface area contributed by atoms with E-state index in [4.69, 9.17) is 5.73 Å². The van der Waals surface area contributed by atoms with Crippen molar-refractivity contribution in [1.29, 1.82) is 0 Å². The number of benzene rings is 1. The van der Waals surface area contributed by atoms with Crippen LogP contribution in [0.15, 0.2) is 33.2 Å². The highest BCUT2D eigenvalue weighted by molar-refractivity contribution is 9.11. The summed E-state index contributed by atoms with van der Waals surface area (Å²) < 4.78 is 26.7. The van der Waals surface area contributed by atoms with Crippen LogP contribution in [0.25, 0.3) is 11.3 Å². The molecule has 1 fully saturated rings. The highest BCUT2D eigenvalue weighted by Gasteiger charge is 2.31. The Hall–Kier alpha value is -0.860. The van der Waals surface area contributed by atoms with Gasteiger partial charge in [0.2, 0.25) is 0 Å². The van der Waals surface area contributed by atoms with Gasteiger partial charge in [0.15, 0.2) is 9.84 Å². The minimum absolute atomic E-state index is 0.112. The number of anilines is 1. The Morgan fingerprint density at radius 2 is 1.86 bits per heavy atom. The van der Waals surface area contributed by atoms with E-state index < -0.39 is 9.84 Å². The summed E-state index contributed by atoms with van der Waals surface area (Å²) in [6.07, 6.45) is 0.565. The van der Waals surface area contributed by atoms with E-state index in [1.165, 1.54) is 0 Å². The van der Waals surface area contributed by atoms with E-state index >= 15 is 0 Å². The lowest BCUT2D eigenvalue weighted by atomic mass is 10.1. The zero-order valence-corrected chi connectivity index (χ0v) is 14.9. The summed E-state index contributed by atoms with van der Waals surface area (Å²) in [6.45, 7) is 0. The molecule has 1 saturated heterocycles. The largest absolute Gasteiger partial charge is 0.384 e. The minimum atomic E-state index is -2.96. The van der Waals surface area contributed by atoms with Crippen molar-refractivity contribution in [2.45, 2.75) is 12.5 Å². The lowest BCUT2D eigenvalue weighted by molar-refractivity contribution is 0.508. The van der Waals surface area contributed by atoms with E-state index in [0.29, 0.717) is 12.2 Å². The van der Waals surface area contributed by atoms with E-state index in [0.717, 1.165) is 20.2 Å². The molecule has 2 aromatic rings. The molecule has 2 N–H and O–H groups in total. The average Bonchev–Trinajstić information content (AvgIpc) is 2.91. The second-order valence-electron chi connectivity index (χ2n) is 5.11. The van der Waals surface area contributed by atoms with Crippen LogP contribution < -0.4 is 5.73 Å². The standard InChI is InChI=1S/C13H13Br2N3O2S/c14-9-3-8(4-10(15)5-9)12-6-13(16)18(17-12)11-1-2-21(19,20)7-11/h3-6,11H,1-2,7,16H2. The van der Waals surface area contributed by atoms with E-state index in [-0.39, 0.29) is 17.5 Å². The van der Waals surface area contributed by atoms with Gasteiger partial charge in [0, 0.05) is 20.6 Å². The summed E-state index contributed by atoms with van der Waals surface area (Å²) in [6, 6.07) is 7.44. The first-order valence-electron chi connectivity index (χ1n) is 6.36. The van der Waals surface area contributed by atoms with Gasteiger partial charge in [-0.2, -0.15) is 5.10 Å². The Morgan fingerprint density at radius 3 is 2.43 bits per heavy atom. The zero-order valence-electron chi connectivity index (χ0n) is 11.0. The Labute approximate surface area is 139 Å². The Kier molecular flexibility index (Phi) is 3.87. The molecule has 1 aliphatic heterocycles. The van der Waals surface area contributed by atoms with Crippen LogP contribution in [0.2, 0.25) is 0 Å². The highest BCUT2D eigenvalue weighted by Crippen LogP contribution is 2.31. The summed E-state index contributed by atoms with van der Waals surface area (Å²) in [4.78, 5) is 0. The molecule has 1 atom stereocenters. The smallest absolute Gasteiger partial charge is 0.152 e. The van der Waals surface area contributed by atoms with Crippen molar-refractivity contribution >= 4 is 47.5 Å². The normalized spacial score (nSPS) is 20.8. The first-order valence-corrected chi connectivity index (χ1v) is 9.77. The summed E-state index contributed by atoms with van der Waals surface area (Å²) in [5.41, 5.74) is 7.66. The molecule has 1 aromatic carbocycles. The number of nitrogens with zero attached hydrogens (tertiary/aromatic N) is 2. The summed E-state index contributed by atoms with van der Waals surface area (Å²) in [7, 11) is -2.96. The van der Waals surface area contributed by atoms with Crippen LogP contribution in [0, 0.1) is 0 Å². The molecule has 0 spiro atoms. The molecule has 2 heterocycles. The minimum Gasteiger partial charge on any atom is -0.384 e. The van der Waals surface area contributed by atoms with Crippen molar-refractivity contribution in [3.05, 3.63) is 33.2 Å². The SMILES string of the molecule is Nc1cc(-c2cc(Br)cc(Br)c2)nn1C1CCS(=O)(=O)C1. The van der Waals surface area contributed by atoms with Gasteiger partial charge in [-0.05, 0) is 24.6 Å². The summed E-state index contributed by atoms with van der Waals surface area (Å²) in [5, 5.41) is 4.50. The molecule has 0 bridgehead atoms. The number of hydrogen-bond acceptors (Lipinski definition) is 4. The van der Waals surface area contributed by atoms with Gasteiger partial charge in [0.25, 0.3) is 0 Å². The van der Waals surface area contributed by atoms with E-state index in [2.05, 4.69) is 37.0 Å². The maximum absolute atomic E-state index is 11.6. The molecule has 8 heteroatoms. The van der Waals surface area contributed by atoms with E-state index in [9.17, 15) is 8.42 Å². The van der Waals surface area contributed by atoms with E-state index in [1.54, 1.807) is 10.7 Å². The first kappa shape index (κ1) is 15.1. The second kappa shape index (κ2) is 5.40. The zero-order chi connectivity index (χ0) is 15.2. The molecule has 1 aliphatic rings. The molecule has 1 aromatic heterocycles. The molecule has 112 valence electrons. The van der Waals surface area contributed by atoms with E-state index in [1.807, 2.05) is 18.2 Å². The predicted octanol–water partition coefficient (Wildman–Crippen LogP) is 3.02. The lowest BCUT2D eigenvalue weighted by Gasteiger charge is -2.10. The van der Waals surface area contributed by atoms with Gasteiger partial charge in [-0.3, -0.25) is 0 Å². The van der Waals surface area contributed by atoms with Crippen molar-refractivity contribution in [1.82, 2.24) is 9.78 Å². The third kappa shape index (κ3) is 3.17. The second-order valence-corrected chi connectivity index (χ2v) is 9.17. The molecule has 0 amide bonds. The Balaban J connectivity index is 1.98. The fourth-order valence-electron chi connectivity index (χ4n) is 2.51. The number of sulfone groups is 1. The number of rotatable bonds is 2. The molecule has 0 radical (unpaired) electrons. The molecule has 5 nitrogen and oxygen atoms in total. The van der Waals surface area contributed by atoms with Gasteiger partial charge >= 0.3 is 0 Å². The Bertz CT molecular complexity index is 781. The third-order valence-corrected chi connectivity index (χ3v) is 6.14. The average molecular weight is 435 g/mol. The van der Waals surface area contributed by atoms with Crippen LogP contribution in [0.4, 0.5) is 5.82 Å². The molecule has 3 rings (SSSR count). The predicted molar refractivity (Wildman–Crippen MR) is 89.8 cm³/mol. The molecule has 1 unspecified atom stereocenters. The fourth-order valence-corrected chi connectivity index (χ4v) is 5.50. The monoisotopic (exact) mass is 433 g/mol. The number of halogens is 2. The number of nitrogens with two attached hydrogens (primary N) is 1. The lowest BCUT2D eigenvalue weighted by Crippen LogP contribution is -2.14. The van der Waals surface area contributed by atoms with Gasteiger partial charge < -0.3 is 5.73 Å². The van der Waals surface area contributed by atoms with Gasteiger partial charge in [-0.25, -0.2) is 13.1 Å². The van der Waals surface area contributed by atoms with Crippen LogP contribution in [0.3, 0.4) is 0 Å². The fraction of sp³-hybridized carbons (Fsp3) is 0.308. The first-order chi connectivity index (χ1) is 9.84. The van der Waals surface area contributed by atoms with Crippen LogP contribution in [-0.4, -0.2) is 29.7 Å². The quantitative estimate of drug-likeness (QED) is 0.787. The number of nitrogen functional groups attached to an aromatic ring is 1. The maximum atomic E-state index is 11.6. The van der Waals surface area contributed by atoms with Crippen LogP contribution >= 0.6 is 31.9 Å². The summed E-state index contributed by atoms with van der Waals surface area (Å²) in [5.74, 6) is 0.804. The van der Waals surface area contributed by atoms with Gasteiger partial charge in [0.1, 0.15) is 5.82 Å². The van der Waals surface area contributed by atoms with Gasteiger partial charge in [0.05, 0.1) is 23.2 Å². The molecular formula is C13H13Br2N3O2S.